The smallest absolute Gasteiger partial charge is 0.177 e. The Hall–Kier alpha value is -0.660. The van der Waals surface area contributed by atoms with E-state index in [9.17, 15) is 0 Å². The number of aromatic nitrogens is 2. The normalized spacial score (nSPS) is 12.6. The number of unbranched alkanes of at least 4 members (excludes halogenated alkanes) is 2. The number of nitrogens with zero attached hydrogens (tertiary/aromatic N) is 3. The van der Waals surface area contributed by atoms with Gasteiger partial charge in [0.25, 0.3) is 0 Å². The van der Waals surface area contributed by atoms with Gasteiger partial charge in [-0.05, 0) is 44.7 Å². The largest absolute Gasteiger partial charge is 0.449 e. The SMILES string of the molecule is BrCCCCCN1c2ncc(Br)cc2Oc2cc(Br)cnc21. The minimum atomic E-state index is 0.752. The molecule has 0 N–H and O–H groups in total. The summed E-state index contributed by atoms with van der Waals surface area (Å²) in [6.45, 7) is 0.875. The summed E-state index contributed by atoms with van der Waals surface area (Å²) in [6, 6.07) is 3.88. The van der Waals surface area contributed by atoms with Crippen LogP contribution in [0, 0.1) is 0 Å². The van der Waals surface area contributed by atoms with Crippen molar-refractivity contribution in [1.82, 2.24) is 9.97 Å². The Labute approximate surface area is 154 Å². The highest BCUT2D eigenvalue weighted by atomic mass is 79.9. The lowest BCUT2D eigenvalue weighted by atomic mass is 10.2. The van der Waals surface area contributed by atoms with E-state index in [0.29, 0.717) is 0 Å². The first kappa shape index (κ1) is 16.2. The molecule has 1 aliphatic heterocycles. The second-order valence-electron chi connectivity index (χ2n) is 4.95. The topological polar surface area (TPSA) is 38.2 Å². The molecule has 0 saturated heterocycles. The number of hydrogen-bond donors (Lipinski definition) is 0. The number of rotatable bonds is 5. The van der Waals surface area contributed by atoms with Gasteiger partial charge in [-0.3, -0.25) is 0 Å². The minimum absolute atomic E-state index is 0.752. The average Bonchev–Trinajstić information content (AvgIpc) is 2.50. The highest BCUT2D eigenvalue weighted by Crippen LogP contribution is 2.45. The van der Waals surface area contributed by atoms with Gasteiger partial charge in [0.15, 0.2) is 23.1 Å². The van der Waals surface area contributed by atoms with Gasteiger partial charge < -0.3 is 9.64 Å². The summed E-state index contributed by atoms with van der Waals surface area (Å²) in [7, 11) is 0. The molecule has 4 nitrogen and oxygen atoms in total. The van der Waals surface area contributed by atoms with Gasteiger partial charge in [0.05, 0.1) is 0 Å². The van der Waals surface area contributed by atoms with E-state index in [1.165, 1.54) is 12.8 Å². The third-order valence-electron chi connectivity index (χ3n) is 3.35. The molecule has 0 aromatic carbocycles. The summed E-state index contributed by atoms with van der Waals surface area (Å²) >= 11 is 10.4. The van der Waals surface area contributed by atoms with Crippen LogP contribution in [0.2, 0.25) is 0 Å². The van der Waals surface area contributed by atoms with Crippen LogP contribution < -0.4 is 9.64 Å². The molecule has 3 heterocycles. The molecule has 2 aromatic heterocycles. The fourth-order valence-electron chi connectivity index (χ4n) is 2.35. The molecule has 22 heavy (non-hydrogen) atoms. The van der Waals surface area contributed by atoms with Crippen molar-refractivity contribution in [3.8, 4) is 11.5 Å². The number of alkyl halides is 1. The van der Waals surface area contributed by atoms with Crippen molar-refractivity contribution < 1.29 is 4.74 Å². The van der Waals surface area contributed by atoms with Gasteiger partial charge in [0.1, 0.15) is 0 Å². The van der Waals surface area contributed by atoms with Gasteiger partial charge in [-0.1, -0.05) is 22.4 Å². The van der Waals surface area contributed by atoms with Crippen LogP contribution in [0.5, 0.6) is 11.5 Å². The van der Waals surface area contributed by atoms with Gasteiger partial charge in [-0.25, -0.2) is 9.97 Å². The Morgan fingerprint density at radius 3 is 2.05 bits per heavy atom. The third-order valence-corrected chi connectivity index (χ3v) is 4.77. The first-order valence-electron chi connectivity index (χ1n) is 7.01. The summed E-state index contributed by atoms with van der Waals surface area (Å²) in [4.78, 5) is 11.2. The number of halogens is 3. The van der Waals surface area contributed by atoms with Crippen molar-refractivity contribution in [3.05, 3.63) is 33.5 Å². The highest BCUT2D eigenvalue weighted by Gasteiger charge is 2.27. The Morgan fingerprint density at radius 1 is 0.909 bits per heavy atom. The first-order valence-corrected chi connectivity index (χ1v) is 9.72. The van der Waals surface area contributed by atoms with E-state index in [0.717, 1.165) is 50.4 Å². The lowest BCUT2D eigenvalue weighted by Crippen LogP contribution is -2.24. The zero-order valence-corrected chi connectivity index (χ0v) is 16.5. The minimum Gasteiger partial charge on any atom is -0.449 e. The molecule has 0 atom stereocenters. The lowest BCUT2D eigenvalue weighted by molar-refractivity contribution is 0.464. The van der Waals surface area contributed by atoms with Gasteiger partial charge in [-0.2, -0.15) is 0 Å². The van der Waals surface area contributed by atoms with Crippen molar-refractivity contribution in [2.45, 2.75) is 19.3 Å². The van der Waals surface area contributed by atoms with E-state index in [4.69, 9.17) is 4.74 Å². The first-order chi connectivity index (χ1) is 10.7. The zero-order chi connectivity index (χ0) is 15.5. The summed E-state index contributed by atoms with van der Waals surface area (Å²) in [6.07, 6.45) is 7.00. The average molecular weight is 492 g/mol. The number of ether oxygens (including phenoxy) is 1. The predicted molar refractivity (Wildman–Crippen MR) is 98.6 cm³/mol. The van der Waals surface area contributed by atoms with E-state index in [1.54, 1.807) is 12.4 Å². The van der Waals surface area contributed by atoms with Crippen LogP contribution in [0.4, 0.5) is 11.6 Å². The van der Waals surface area contributed by atoms with Gasteiger partial charge >= 0.3 is 0 Å². The summed E-state index contributed by atoms with van der Waals surface area (Å²) in [5.74, 6) is 3.15. The summed E-state index contributed by atoms with van der Waals surface area (Å²) in [5, 5.41) is 1.04. The van der Waals surface area contributed by atoms with Crippen LogP contribution >= 0.6 is 47.8 Å². The van der Waals surface area contributed by atoms with Crippen LogP contribution in [0.15, 0.2) is 33.5 Å². The fraction of sp³-hybridized carbons (Fsp3) is 0.333. The van der Waals surface area contributed by atoms with E-state index >= 15 is 0 Å². The maximum absolute atomic E-state index is 5.96. The molecule has 0 unspecified atom stereocenters. The van der Waals surface area contributed by atoms with Crippen LogP contribution in [0.1, 0.15) is 19.3 Å². The van der Waals surface area contributed by atoms with E-state index < -0.39 is 0 Å². The number of anilines is 2. The highest BCUT2D eigenvalue weighted by molar-refractivity contribution is 9.10. The molecular formula is C15H14Br3N3O. The zero-order valence-electron chi connectivity index (χ0n) is 11.7. The molecular weight excluding hydrogens is 478 g/mol. The Morgan fingerprint density at radius 2 is 1.50 bits per heavy atom. The van der Waals surface area contributed by atoms with Gasteiger partial charge in [0, 0.05) is 45.3 Å². The van der Waals surface area contributed by atoms with Crippen LogP contribution in [0.25, 0.3) is 0 Å². The summed E-state index contributed by atoms with van der Waals surface area (Å²) < 4.78 is 7.76. The maximum atomic E-state index is 5.96. The molecule has 0 fully saturated rings. The van der Waals surface area contributed by atoms with Crippen molar-refractivity contribution in [2.75, 3.05) is 16.8 Å². The molecule has 1 aliphatic rings. The molecule has 3 rings (SSSR count). The van der Waals surface area contributed by atoms with E-state index in [2.05, 4.69) is 62.7 Å². The van der Waals surface area contributed by atoms with E-state index in [-0.39, 0.29) is 0 Å². The Balaban J connectivity index is 1.93. The fourth-order valence-corrected chi connectivity index (χ4v) is 3.37. The monoisotopic (exact) mass is 489 g/mol. The van der Waals surface area contributed by atoms with Crippen molar-refractivity contribution in [2.24, 2.45) is 0 Å². The second-order valence-corrected chi connectivity index (χ2v) is 7.58. The van der Waals surface area contributed by atoms with Crippen molar-refractivity contribution in [1.29, 1.82) is 0 Å². The van der Waals surface area contributed by atoms with Gasteiger partial charge in [-0.15, -0.1) is 0 Å². The number of hydrogen-bond acceptors (Lipinski definition) is 4. The van der Waals surface area contributed by atoms with Crippen molar-refractivity contribution >= 4 is 59.4 Å². The Bertz CT molecular complexity index is 630. The molecule has 2 aromatic rings. The second kappa shape index (κ2) is 7.27. The molecule has 0 radical (unpaired) electrons. The predicted octanol–water partition coefficient (Wildman–Crippen LogP) is 5.81. The third kappa shape index (κ3) is 3.46. The molecule has 0 spiro atoms. The van der Waals surface area contributed by atoms with Gasteiger partial charge in [0.2, 0.25) is 0 Å². The molecule has 0 saturated carbocycles. The Kier molecular flexibility index (Phi) is 5.36. The van der Waals surface area contributed by atoms with Crippen LogP contribution in [-0.4, -0.2) is 21.8 Å². The quantitative estimate of drug-likeness (QED) is 0.391. The molecule has 0 amide bonds. The standard InChI is InChI=1S/C15H14Br3N3O/c16-4-2-1-3-5-21-14-12(6-10(17)8-19-14)22-13-7-11(18)9-20-15(13)21/h6-9H,1-5H2. The maximum Gasteiger partial charge on any atom is 0.177 e. The molecule has 0 aliphatic carbocycles. The van der Waals surface area contributed by atoms with Crippen LogP contribution in [-0.2, 0) is 0 Å². The molecule has 7 heteroatoms. The lowest BCUT2D eigenvalue weighted by Gasteiger charge is -2.30. The number of fused-ring (bicyclic) bond motifs is 2. The van der Waals surface area contributed by atoms with Crippen molar-refractivity contribution in [3.63, 3.8) is 0 Å². The number of pyridine rings is 2. The molecule has 116 valence electrons. The summed E-state index contributed by atoms with van der Waals surface area (Å²) in [5.41, 5.74) is 0. The molecule has 0 bridgehead atoms. The van der Waals surface area contributed by atoms with E-state index in [1.807, 2.05) is 12.1 Å². The van der Waals surface area contributed by atoms with Crippen LogP contribution in [0.3, 0.4) is 0 Å².